The zero-order valence-corrected chi connectivity index (χ0v) is 11.5. The van der Waals surface area contributed by atoms with Crippen LogP contribution in [-0.4, -0.2) is 26.8 Å². The Hall–Kier alpha value is -0.783. The maximum absolute atomic E-state index is 11.9. The number of halogens is 3. The van der Waals surface area contributed by atoms with Crippen molar-refractivity contribution in [1.82, 2.24) is 0 Å². The van der Waals surface area contributed by atoms with Gasteiger partial charge in [-0.05, 0) is 0 Å². The Labute approximate surface area is 101 Å². The summed E-state index contributed by atoms with van der Waals surface area (Å²) in [4.78, 5) is 11.5. The standard InChI is InChI=1S/C11H19F3O2Si/c1-5-17(6-2,7-3)9(4)10(15)16-8-11(12,13)14/h4-8H2,1-3H3. The van der Waals surface area contributed by atoms with Crippen molar-refractivity contribution in [1.29, 1.82) is 0 Å². The molecule has 100 valence electrons. The molecule has 0 heterocycles. The molecule has 0 atom stereocenters. The topological polar surface area (TPSA) is 26.3 Å². The molecule has 0 N–H and O–H groups in total. The monoisotopic (exact) mass is 268 g/mol. The van der Waals surface area contributed by atoms with Crippen molar-refractivity contribution in [3.8, 4) is 0 Å². The number of carbonyl (C=O) groups is 1. The summed E-state index contributed by atoms with van der Waals surface area (Å²) >= 11 is 0. The quantitative estimate of drug-likeness (QED) is 0.417. The lowest BCUT2D eigenvalue weighted by Crippen LogP contribution is -2.39. The van der Waals surface area contributed by atoms with Crippen LogP contribution in [0.2, 0.25) is 18.1 Å². The van der Waals surface area contributed by atoms with Gasteiger partial charge in [0.05, 0.1) is 8.07 Å². The highest BCUT2D eigenvalue weighted by molar-refractivity contribution is 6.89. The largest absolute Gasteiger partial charge is 0.453 e. The Morgan fingerprint density at radius 1 is 1.18 bits per heavy atom. The lowest BCUT2D eigenvalue weighted by atomic mass is 10.6. The van der Waals surface area contributed by atoms with Gasteiger partial charge in [0.15, 0.2) is 6.61 Å². The van der Waals surface area contributed by atoms with Gasteiger partial charge in [0.2, 0.25) is 0 Å². The van der Waals surface area contributed by atoms with Crippen molar-refractivity contribution in [2.24, 2.45) is 0 Å². The van der Waals surface area contributed by atoms with Gasteiger partial charge in [-0.1, -0.05) is 45.5 Å². The van der Waals surface area contributed by atoms with Gasteiger partial charge in [0.25, 0.3) is 0 Å². The highest BCUT2D eigenvalue weighted by atomic mass is 28.3. The van der Waals surface area contributed by atoms with E-state index in [2.05, 4.69) is 11.3 Å². The van der Waals surface area contributed by atoms with Crippen molar-refractivity contribution in [3.05, 3.63) is 11.8 Å². The first-order valence-corrected chi connectivity index (χ1v) is 8.27. The molecule has 0 aromatic heterocycles. The summed E-state index contributed by atoms with van der Waals surface area (Å²) in [5, 5.41) is 0.272. The minimum Gasteiger partial charge on any atom is -0.453 e. The van der Waals surface area contributed by atoms with E-state index in [1.807, 2.05) is 20.8 Å². The second-order valence-corrected chi connectivity index (χ2v) is 9.30. The van der Waals surface area contributed by atoms with Crippen molar-refractivity contribution in [2.75, 3.05) is 6.61 Å². The molecule has 0 radical (unpaired) electrons. The molecule has 0 fully saturated rings. The smallest absolute Gasteiger partial charge is 0.422 e. The Balaban J connectivity index is 4.64. The molecule has 0 aliphatic rings. The Morgan fingerprint density at radius 2 is 1.59 bits per heavy atom. The molecule has 0 rings (SSSR count). The number of hydrogen-bond donors (Lipinski definition) is 0. The molecule has 0 aromatic carbocycles. The predicted octanol–water partition coefficient (Wildman–Crippen LogP) is 3.70. The summed E-state index contributed by atoms with van der Waals surface area (Å²) in [6, 6.07) is 2.37. The predicted molar refractivity (Wildman–Crippen MR) is 63.4 cm³/mol. The van der Waals surface area contributed by atoms with Crippen LogP contribution in [0.15, 0.2) is 11.8 Å². The first kappa shape index (κ1) is 16.2. The second-order valence-electron chi connectivity index (χ2n) is 4.01. The van der Waals surface area contributed by atoms with Gasteiger partial charge in [0, 0.05) is 5.20 Å². The van der Waals surface area contributed by atoms with E-state index in [1.54, 1.807) is 0 Å². The molecular formula is C11H19F3O2Si. The molecule has 0 aliphatic carbocycles. The Morgan fingerprint density at radius 3 is 1.88 bits per heavy atom. The summed E-state index contributed by atoms with van der Waals surface area (Å²) in [6.07, 6.45) is -4.48. The first-order valence-electron chi connectivity index (χ1n) is 5.65. The number of ether oxygens (including phenoxy) is 1. The molecule has 0 aromatic rings. The van der Waals surface area contributed by atoms with Gasteiger partial charge in [-0.25, -0.2) is 4.79 Å². The fraction of sp³-hybridized carbons (Fsp3) is 0.727. The molecule has 17 heavy (non-hydrogen) atoms. The van der Waals surface area contributed by atoms with Gasteiger partial charge >= 0.3 is 12.1 Å². The minimum atomic E-state index is -4.48. The number of hydrogen-bond acceptors (Lipinski definition) is 2. The van der Waals surface area contributed by atoms with Crippen LogP contribution in [0.4, 0.5) is 13.2 Å². The third-order valence-electron chi connectivity index (χ3n) is 3.28. The van der Waals surface area contributed by atoms with Crippen molar-refractivity contribution < 1.29 is 22.7 Å². The van der Waals surface area contributed by atoms with E-state index >= 15 is 0 Å². The molecule has 0 unspecified atom stereocenters. The Kier molecular flexibility index (Phi) is 5.94. The average Bonchev–Trinajstić information content (AvgIpc) is 2.27. The molecule has 2 nitrogen and oxygen atoms in total. The molecule has 0 bridgehead atoms. The van der Waals surface area contributed by atoms with E-state index in [-0.39, 0.29) is 5.20 Å². The normalized spacial score (nSPS) is 12.4. The minimum absolute atomic E-state index is 0.272. The van der Waals surface area contributed by atoms with Crippen LogP contribution in [0.1, 0.15) is 20.8 Å². The van der Waals surface area contributed by atoms with Crippen LogP contribution in [0.3, 0.4) is 0 Å². The van der Waals surface area contributed by atoms with Crippen molar-refractivity contribution in [3.63, 3.8) is 0 Å². The maximum Gasteiger partial charge on any atom is 0.422 e. The summed E-state index contributed by atoms with van der Waals surface area (Å²) in [5.41, 5.74) is 0. The van der Waals surface area contributed by atoms with Crippen LogP contribution in [-0.2, 0) is 9.53 Å². The highest BCUT2D eigenvalue weighted by Gasteiger charge is 2.37. The number of esters is 1. The third kappa shape index (κ3) is 4.53. The summed E-state index contributed by atoms with van der Waals surface area (Å²) in [5.74, 6) is -0.889. The fourth-order valence-electron chi connectivity index (χ4n) is 1.84. The second kappa shape index (κ2) is 6.23. The zero-order chi connectivity index (χ0) is 13.7. The molecular weight excluding hydrogens is 249 g/mol. The maximum atomic E-state index is 11.9. The van der Waals surface area contributed by atoms with E-state index in [0.29, 0.717) is 0 Å². The average molecular weight is 268 g/mol. The lowest BCUT2D eigenvalue weighted by Gasteiger charge is -2.29. The summed E-state index contributed by atoms with van der Waals surface area (Å²) in [7, 11) is -2.02. The van der Waals surface area contributed by atoms with Crippen molar-refractivity contribution >= 4 is 14.0 Å². The molecule has 6 heteroatoms. The third-order valence-corrected chi connectivity index (χ3v) is 8.83. The first-order chi connectivity index (χ1) is 7.72. The molecule has 0 amide bonds. The highest BCUT2D eigenvalue weighted by Crippen LogP contribution is 2.28. The van der Waals surface area contributed by atoms with Crippen LogP contribution in [0.5, 0.6) is 0 Å². The van der Waals surface area contributed by atoms with Crippen LogP contribution in [0.25, 0.3) is 0 Å². The van der Waals surface area contributed by atoms with Crippen LogP contribution in [0, 0.1) is 0 Å². The zero-order valence-electron chi connectivity index (χ0n) is 10.5. The van der Waals surface area contributed by atoms with Crippen molar-refractivity contribution in [2.45, 2.75) is 45.1 Å². The molecule has 0 saturated carbocycles. The molecule has 0 spiro atoms. The van der Waals surface area contributed by atoms with Gasteiger partial charge < -0.3 is 4.74 Å². The van der Waals surface area contributed by atoms with E-state index in [4.69, 9.17) is 0 Å². The van der Waals surface area contributed by atoms with Gasteiger partial charge in [-0.3, -0.25) is 0 Å². The van der Waals surface area contributed by atoms with Gasteiger partial charge in [0.1, 0.15) is 0 Å². The van der Waals surface area contributed by atoms with Gasteiger partial charge in [-0.2, -0.15) is 13.2 Å². The number of rotatable bonds is 6. The van der Waals surface area contributed by atoms with Crippen LogP contribution < -0.4 is 0 Å². The van der Waals surface area contributed by atoms with E-state index in [9.17, 15) is 18.0 Å². The Bertz CT molecular complexity index is 275. The molecule has 0 saturated heterocycles. The lowest BCUT2D eigenvalue weighted by molar-refractivity contribution is -0.183. The summed E-state index contributed by atoms with van der Waals surface area (Å²) < 4.78 is 40.0. The van der Waals surface area contributed by atoms with E-state index in [1.165, 1.54) is 0 Å². The van der Waals surface area contributed by atoms with E-state index < -0.39 is 26.8 Å². The fourth-order valence-corrected chi connectivity index (χ4v) is 5.13. The molecule has 0 aliphatic heterocycles. The SMILES string of the molecule is C=C(C(=O)OCC(F)(F)F)[Si](CC)(CC)CC. The van der Waals surface area contributed by atoms with Crippen LogP contribution >= 0.6 is 0 Å². The number of carbonyl (C=O) groups excluding carboxylic acids is 1. The summed E-state index contributed by atoms with van der Waals surface area (Å²) in [6.45, 7) is 7.96. The van der Waals surface area contributed by atoms with Gasteiger partial charge in [-0.15, -0.1) is 0 Å². The number of alkyl halides is 3. The van der Waals surface area contributed by atoms with E-state index in [0.717, 1.165) is 18.1 Å².